The minimum Gasteiger partial charge on any atom is -0.301 e. The fourth-order valence-corrected chi connectivity index (χ4v) is 7.21. The Kier molecular flexibility index (Phi) is 4.82. The minimum absolute atomic E-state index is 0.00630. The first-order valence-electron chi connectivity index (χ1n) is 12.5. The van der Waals surface area contributed by atoms with Crippen molar-refractivity contribution in [3.63, 3.8) is 0 Å². The van der Waals surface area contributed by atoms with E-state index in [1.165, 1.54) is 33.6 Å². The Morgan fingerprint density at radius 2 is 1.54 bits per heavy atom. The van der Waals surface area contributed by atoms with Crippen LogP contribution in [0.1, 0.15) is 53.0 Å². The van der Waals surface area contributed by atoms with Crippen LogP contribution in [0.3, 0.4) is 0 Å². The van der Waals surface area contributed by atoms with E-state index in [-0.39, 0.29) is 17.7 Å². The Bertz CT molecular complexity index is 1720. The van der Waals surface area contributed by atoms with Gasteiger partial charge in [0, 0.05) is 28.2 Å². The van der Waals surface area contributed by atoms with Crippen LogP contribution in [0.25, 0.3) is 22.0 Å². The van der Waals surface area contributed by atoms with Crippen molar-refractivity contribution in [1.29, 1.82) is 5.26 Å². The van der Waals surface area contributed by atoms with Crippen LogP contribution < -0.4 is 5.32 Å². The average Bonchev–Trinajstić information content (AvgIpc) is 3.40. The topological polar surface area (TPSA) is 65.8 Å². The first kappa shape index (κ1) is 22.0. The summed E-state index contributed by atoms with van der Waals surface area (Å²) in [6.45, 7) is 2.11. The van der Waals surface area contributed by atoms with Crippen molar-refractivity contribution in [3.05, 3.63) is 118 Å². The molecule has 8 rings (SSSR count). The molecule has 178 valence electrons. The highest BCUT2D eigenvalue weighted by atomic mass is 32.1. The number of benzene rings is 4. The van der Waals surface area contributed by atoms with Gasteiger partial charge < -0.3 is 5.32 Å². The predicted octanol–water partition coefficient (Wildman–Crippen LogP) is 7.46. The molecule has 0 fully saturated rings. The maximum Gasteiger partial charge on any atom is 0.233 e. The molecule has 1 heterocycles. The van der Waals surface area contributed by atoms with Crippen molar-refractivity contribution < 1.29 is 4.79 Å². The molecule has 3 aliphatic carbocycles. The number of rotatable bonds is 3. The predicted molar refractivity (Wildman–Crippen MR) is 148 cm³/mol. The maximum absolute atomic E-state index is 14.0. The highest BCUT2D eigenvalue weighted by Crippen LogP contribution is 2.61. The number of nitrogens with zero attached hydrogens (tertiary/aromatic N) is 2. The fraction of sp³-hybridized carbons (Fsp3) is 0.156. The number of aromatic nitrogens is 1. The molecular weight excluding hydrogens is 474 g/mol. The minimum atomic E-state index is -0.583. The fourth-order valence-electron chi connectivity index (χ4n) is 6.50. The number of fused-ring (bicyclic) bond motifs is 2. The summed E-state index contributed by atoms with van der Waals surface area (Å²) in [5.74, 6) is 0.230. The molecule has 3 aliphatic rings. The number of hydrogen-bond acceptors (Lipinski definition) is 4. The van der Waals surface area contributed by atoms with E-state index in [0.29, 0.717) is 10.7 Å². The molecule has 37 heavy (non-hydrogen) atoms. The highest BCUT2D eigenvalue weighted by molar-refractivity contribution is 7.14. The van der Waals surface area contributed by atoms with E-state index in [2.05, 4.69) is 66.8 Å². The van der Waals surface area contributed by atoms with E-state index >= 15 is 0 Å². The third-order valence-corrected chi connectivity index (χ3v) is 8.95. The number of nitriles is 1. The second-order valence-electron chi connectivity index (χ2n) is 10.2. The third kappa shape index (κ3) is 3.19. The highest BCUT2D eigenvalue weighted by Gasteiger charge is 2.53. The maximum atomic E-state index is 14.0. The molecule has 0 saturated carbocycles. The zero-order chi connectivity index (χ0) is 25.1. The molecule has 5 heteroatoms. The van der Waals surface area contributed by atoms with Crippen molar-refractivity contribution in [1.82, 2.24) is 4.98 Å². The number of amides is 1. The van der Waals surface area contributed by atoms with Gasteiger partial charge in [-0.15, -0.1) is 11.3 Å². The molecule has 1 N–H and O–H groups in total. The smallest absolute Gasteiger partial charge is 0.233 e. The average molecular weight is 498 g/mol. The van der Waals surface area contributed by atoms with Gasteiger partial charge in [0.25, 0.3) is 0 Å². The lowest BCUT2D eigenvalue weighted by Gasteiger charge is -2.50. The number of thiazole rings is 1. The van der Waals surface area contributed by atoms with Gasteiger partial charge in [0.15, 0.2) is 5.13 Å². The Morgan fingerprint density at radius 1 is 0.919 bits per heavy atom. The van der Waals surface area contributed by atoms with Crippen molar-refractivity contribution >= 4 is 33.1 Å². The van der Waals surface area contributed by atoms with Crippen LogP contribution in [0.2, 0.25) is 0 Å². The van der Waals surface area contributed by atoms with Crippen LogP contribution in [0, 0.1) is 16.7 Å². The van der Waals surface area contributed by atoms with Gasteiger partial charge in [-0.25, -0.2) is 4.98 Å². The van der Waals surface area contributed by atoms with E-state index in [0.717, 1.165) is 28.5 Å². The summed E-state index contributed by atoms with van der Waals surface area (Å²) < 4.78 is 0. The monoisotopic (exact) mass is 497 g/mol. The van der Waals surface area contributed by atoms with Crippen LogP contribution in [-0.2, 0) is 4.79 Å². The van der Waals surface area contributed by atoms with Gasteiger partial charge in [-0.05, 0) is 47.1 Å². The van der Waals surface area contributed by atoms with Gasteiger partial charge in [-0.3, -0.25) is 4.79 Å². The SMILES string of the molecule is CC1(C(=O)Nc2nc(-c3ccc(C#N)c4ccccc34)cs2)CC2c3ccccc3C1c1ccccc12. The summed E-state index contributed by atoms with van der Waals surface area (Å²) >= 11 is 1.44. The van der Waals surface area contributed by atoms with Gasteiger partial charge in [0.2, 0.25) is 5.91 Å². The molecular formula is C32H23N3OS. The normalized spacial score (nSPS) is 21.2. The van der Waals surface area contributed by atoms with Crippen molar-refractivity contribution in [2.45, 2.75) is 25.2 Å². The van der Waals surface area contributed by atoms with Crippen LogP contribution in [-0.4, -0.2) is 10.9 Å². The molecule has 1 atom stereocenters. The van der Waals surface area contributed by atoms with E-state index in [4.69, 9.17) is 4.98 Å². The molecule has 4 aromatic carbocycles. The second-order valence-corrected chi connectivity index (χ2v) is 11.0. The molecule has 4 nitrogen and oxygen atoms in total. The van der Waals surface area contributed by atoms with Gasteiger partial charge in [-0.2, -0.15) is 5.26 Å². The molecule has 5 aromatic rings. The second kappa shape index (κ2) is 8.12. The van der Waals surface area contributed by atoms with E-state index < -0.39 is 5.41 Å². The van der Waals surface area contributed by atoms with Crippen molar-refractivity contribution in [2.75, 3.05) is 5.32 Å². The molecule has 0 radical (unpaired) electrons. The van der Waals surface area contributed by atoms with Crippen LogP contribution >= 0.6 is 11.3 Å². The molecule has 1 unspecified atom stereocenters. The number of nitrogens with one attached hydrogen (secondary N) is 1. The van der Waals surface area contributed by atoms with Gasteiger partial charge in [0.1, 0.15) is 0 Å². The lowest BCUT2D eigenvalue weighted by Crippen LogP contribution is -2.47. The molecule has 1 aromatic heterocycles. The molecule has 0 spiro atoms. The first-order valence-corrected chi connectivity index (χ1v) is 13.3. The number of carbonyl (C=O) groups is 1. The first-order chi connectivity index (χ1) is 18.1. The summed E-state index contributed by atoms with van der Waals surface area (Å²) in [7, 11) is 0. The summed E-state index contributed by atoms with van der Waals surface area (Å²) in [4.78, 5) is 18.8. The van der Waals surface area contributed by atoms with E-state index in [1.807, 2.05) is 41.8 Å². The molecule has 0 aliphatic heterocycles. The Labute approximate surface area is 219 Å². The zero-order valence-electron chi connectivity index (χ0n) is 20.2. The van der Waals surface area contributed by atoms with Crippen LogP contribution in [0.4, 0.5) is 5.13 Å². The largest absolute Gasteiger partial charge is 0.301 e. The van der Waals surface area contributed by atoms with Gasteiger partial charge >= 0.3 is 0 Å². The zero-order valence-corrected chi connectivity index (χ0v) is 21.0. The number of hydrogen-bond donors (Lipinski definition) is 1. The Morgan fingerprint density at radius 3 is 2.22 bits per heavy atom. The molecule has 0 saturated heterocycles. The van der Waals surface area contributed by atoms with Crippen molar-refractivity contribution in [2.24, 2.45) is 5.41 Å². The van der Waals surface area contributed by atoms with Gasteiger partial charge in [0.05, 0.1) is 22.7 Å². The van der Waals surface area contributed by atoms with Crippen LogP contribution in [0.5, 0.6) is 0 Å². The lowest BCUT2D eigenvalue weighted by atomic mass is 9.52. The van der Waals surface area contributed by atoms with Crippen LogP contribution in [0.15, 0.2) is 90.3 Å². The number of anilines is 1. The third-order valence-electron chi connectivity index (χ3n) is 8.19. The molecule has 1 amide bonds. The van der Waals surface area contributed by atoms with E-state index in [1.54, 1.807) is 0 Å². The lowest BCUT2D eigenvalue weighted by molar-refractivity contribution is -0.126. The number of carbonyl (C=O) groups excluding carboxylic acids is 1. The standard InChI is InChI=1S/C32H23N3OS/c1-32(16-27-22-10-4-6-12-25(22)29(32)26-13-7-5-11-23(26)27)30(36)35-31-34-28(18-37-31)24-15-14-19(17-33)20-8-2-3-9-21(20)24/h2-15,18,27,29H,16H2,1H3,(H,34,35,36). The summed E-state index contributed by atoms with van der Waals surface area (Å²) in [5.41, 5.74) is 7.04. The Hall–Kier alpha value is -4.27. The summed E-state index contributed by atoms with van der Waals surface area (Å²) in [6, 6.07) is 31.1. The van der Waals surface area contributed by atoms with Gasteiger partial charge in [-0.1, -0.05) is 78.9 Å². The van der Waals surface area contributed by atoms with Crippen molar-refractivity contribution in [3.8, 4) is 17.3 Å². The molecule has 2 bridgehead atoms. The Balaban J connectivity index is 1.24. The van der Waals surface area contributed by atoms with E-state index in [9.17, 15) is 10.1 Å². The summed E-state index contributed by atoms with van der Waals surface area (Å²) in [5, 5.41) is 17.1. The summed E-state index contributed by atoms with van der Waals surface area (Å²) in [6.07, 6.45) is 0.774. The quantitative estimate of drug-likeness (QED) is 0.281.